The second-order valence-electron chi connectivity index (χ2n) is 6.15. The Bertz CT molecular complexity index is 672. The number of aromatic carboxylic acids is 1. The van der Waals surface area contributed by atoms with Crippen molar-refractivity contribution in [3.63, 3.8) is 0 Å². The number of anilines is 1. The van der Waals surface area contributed by atoms with Crippen LogP contribution in [0.3, 0.4) is 0 Å². The topological polar surface area (TPSA) is 90.5 Å². The molecule has 138 valence electrons. The van der Waals surface area contributed by atoms with Gasteiger partial charge in [0.05, 0.1) is 11.3 Å². The van der Waals surface area contributed by atoms with Crippen molar-refractivity contribution in [2.24, 2.45) is 5.41 Å². The van der Waals surface area contributed by atoms with Gasteiger partial charge in [-0.1, -0.05) is 67.7 Å². The number of thiocarbonyl (C=S) groups is 1. The normalized spacial score (nSPS) is 12.9. The van der Waals surface area contributed by atoms with E-state index in [0.29, 0.717) is 0 Å². The summed E-state index contributed by atoms with van der Waals surface area (Å²) in [5.74, 6) is -1.48. The number of alkyl halides is 3. The Morgan fingerprint density at radius 2 is 1.68 bits per heavy atom. The van der Waals surface area contributed by atoms with Gasteiger partial charge in [-0.3, -0.25) is 4.79 Å². The molecule has 0 saturated heterocycles. The van der Waals surface area contributed by atoms with Crippen molar-refractivity contribution in [3.8, 4) is 0 Å². The molecule has 0 saturated carbocycles. The van der Waals surface area contributed by atoms with Gasteiger partial charge < -0.3 is 21.1 Å². The highest BCUT2D eigenvalue weighted by Crippen LogP contribution is 2.30. The van der Waals surface area contributed by atoms with Crippen LogP contribution in [0, 0.1) is 5.41 Å². The molecule has 6 nitrogen and oxygen atoms in total. The molecule has 1 rings (SSSR count). The van der Waals surface area contributed by atoms with Gasteiger partial charge in [0.15, 0.2) is 5.11 Å². The number of rotatable bonds is 4. The number of carboxylic acid groups (broad SMARTS) is 1. The number of nitrogens with one attached hydrogen (secondary N) is 3. The molecule has 0 aromatic heterocycles. The average molecular weight is 427 g/mol. The lowest BCUT2D eigenvalue weighted by molar-refractivity contribution is -0.129. The maximum atomic E-state index is 12.1. The number of amides is 1. The van der Waals surface area contributed by atoms with Gasteiger partial charge in [0.1, 0.15) is 6.17 Å². The minimum absolute atomic E-state index is 0.0146. The Balaban J connectivity index is 2.90. The van der Waals surface area contributed by atoms with Crippen LogP contribution in [-0.4, -0.2) is 32.1 Å². The highest BCUT2D eigenvalue weighted by molar-refractivity contribution is 7.80. The molecule has 1 amide bonds. The standard InChI is InChI=1S/C15H18Cl3N3O3S/c1-14(2,3)12(24)20-11(15(16,17)18)21-13(25)19-9-7-5-4-6-8(9)10(22)23/h4-7,11H,1-3H3,(H,20,24)(H,22,23)(H2,19,21,25). The number of hydrogen-bond acceptors (Lipinski definition) is 3. The number of carbonyl (C=O) groups excluding carboxylic acids is 1. The lowest BCUT2D eigenvalue weighted by Gasteiger charge is -2.30. The third-order valence-electron chi connectivity index (χ3n) is 2.97. The summed E-state index contributed by atoms with van der Waals surface area (Å²) < 4.78 is -1.89. The second-order valence-corrected chi connectivity index (χ2v) is 8.92. The van der Waals surface area contributed by atoms with Crippen LogP contribution in [0.15, 0.2) is 24.3 Å². The Morgan fingerprint density at radius 3 is 2.16 bits per heavy atom. The minimum Gasteiger partial charge on any atom is -0.478 e. The molecule has 0 aliphatic heterocycles. The third-order valence-corrected chi connectivity index (χ3v) is 3.84. The van der Waals surface area contributed by atoms with E-state index in [1.165, 1.54) is 12.1 Å². The fourth-order valence-corrected chi connectivity index (χ4v) is 2.17. The predicted octanol–water partition coefficient (Wildman–Crippen LogP) is 3.53. The first-order valence-corrected chi connectivity index (χ1v) is 8.64. The zero-order valence-corrected chi connectivity index (χ0v) is 16.8. The third kappa shape index (κ3) is 6.86. The van der Waals surface area contributed by atoms with Crippen molar-refractivity contribution in [2.45, 2.75) is 30.7 Å². The van der Waals surface area contributed by atoms with E-state index in [1.54, 1.807) is 32.9 Å². The molecule has 1 unspecified atom stereocenters. The van der Waals surface area contributed by atoms with E-state index in [2.05, 4.69) is 16.0 Å². The molecule has 0 aliphatic carbocycles. The van der Waals surface area contributed by atoms with Crippen molar-refractivity contribution in [3.05, 3.63) is 29.8 Å². The van der Waals surface area contributed by atoms with Crippen LogP contribution in [0.25, 0.3) is 0 Å². The molecule has 0 fully saturated rings. The lowest BCUT2D eigenvalue weighted by Crippen LogP contribution is -2.58. The maximum absolute atomic E-state index is 12.1. The summed E-state index contributed by atoms with van der Waals surface area (Å²) in [7, 11) is 0. The summed E-state index contributed by atoms with van der Waals surface area (Å²) in [4.78, 5) is 23.4. The molecule has 1 aromatic rings. The first kappa shape index (κ1) is 21.8. The molecule has 0 aliphatic rings. The molecule has 25 heavy (non-hydrogen) atoms. The van der Waals surface area contributed by atoms with Crippen LogP contribution < -0.4 is 16.0 Å². The fourth-order valence-electron chi connectivity index (χ4n) is 1.62. The molecule has 0 radical (unpaired) electrons. The van der Waals surface area contributed by atoms with E-state index in [1.807, 2.05) is 0 Å². The van der Waals surface area contributed by atoms with Gasteiger partial charge in [-0.25, -0.2) is 4.79 Å². The van der Waals surface area contributed by atoms with E-state index in [4.69, 9.17) is 47.0 Å². The van der Waals surface area contributed by atoms with E-state index in [-0.39, 0.29) is 22.3 Å². The number of hydrogen-bond donors (Lipinski definition) is 4. The Morgan fingerprint density at radius 1 is 1.12 bits per heavy atom. The maximum Gasteiger partial charge on any atom is 0.337 e. The van der Waals surface area contributed by atoms with Crippen molar-refractivity contribution in [1.82, 2.24) is 10.6 Å². The van der Waals surface area contributed by atoms with Crippen LogP contribution in [0.1, 0.15) is 31.1 Å². The molecule has 0 heterocycles. The van der Waals surface area contributed by atoms with Crippen molar-refractivity contribution in [2.75, 3.05) is 5.32 Å². The second kappa shape index (κ2) is 8.40. The van der Waals surface area contributed by atoms with Gasteiger partial charge in [-0.2, -0.15) is 0 Å². The molecular weight excluding hydrogens is 409 g/mol. The summed E-state index contributed by atoms with van der Waals surface area (Å²) in [6, 6.07) is 6.18. The summed E-state index contributed by atoms with van der Waals surface area (Å²) in [5.41, 5.74) is -0.422. The number of benzene rings is 1. The number of halogens is 3. The summed E-state index contributed by atoms with van der Waals surface area (Å²) >= 11 is 22.8. The van der Waals surface area contributed by atoms with Crippen molar-refractivity contribution in [1.29, 1.82) is 0 Å². The zero-order chi connectivity index (χ0) is 19.4. The Kier molecular flexibility index (Phi) is 7.31. The van der Waals surface area contributed by atoms with Crippen LogP contribution in [0.2, 0.25) is 0 Å². The van der Waals surface area contributed by atoms with Crippen LogP contribution in [0.4, 0.5) is 5.69 Å². The van der Waals surface area contributed by atoms with Gasteiger partial charge in [-0.15, -0.1) is 0 Å². The summed E-state index contributed by atoms with van der Waals surface area (Å²) in [6.45, 7) is 5.12. The minimum atomic E-state index is -1.89. The summed E-state index contributed by atoms with van der Waals surface area (Å²) in [6.07, 6.45) is -1.12. The van der Waals surface area contributed by atoms with E-state index in [0.717, 1.165) is 0 Å². The molecule has 0 bridgehead atoms. The lowest BCUT2D eigenvalue weighted by atomic mass is 9.95. The van der Waals surface area contributed by atoms with Gasteiger partial charge in [0.25, 0.3) is 0 Å². The van der Waals surface area contributed by atoms with E-state index >= 15 is 0 Å². The smallest absolute Gasteiger partial charge is 0.337 e. The molecule has 1 aromatic carbocycles. The van der Waals surface area contributed by atoms with Crippen molar-refractivity contribution >= 4 is 69.7 Å². The van der Waals surface area contributed by atoms with Crippen LogP contribution in [-0.2, 0) is 4.79 Å². The molecule has 1 atom stereocenters. The predicted molar refractivity (Wildman–Crippen MR) is 104 cm³/mol. The first-order chi connectivity index (χ1) is 11.3. The van der Waals surface area contributed by atoms with E-state index < -0.39 is 21.3 Å². The van der Waals surface area contributed by atoms with Crippen LogP contribution in [0.5, 0.6) is 0 Å². The highest BCUT2D eigenvalue weighted by atomic mass is 35.6. The Labute approximate surface area is 166 Å². The molecule has 10 heteroatoms. The Hall–Kier alpha value is -1.28. The van der Waals surface area contributed by atoms with Gasteiger partial charge in [0.2, 0.25) is 9.70 Å². The van der Waals surface area contributed by atoms with Gasteiger partial charge in [0, 0.05) is 5.41 Å². The SMILES string of the molecule is CC(C)(C)C(=O)NC(NC(=S)Nc1ccccc1C(=O)O)C(Cl)(Cl)Cl. The average Bonchev–Trinajstić information content (AvgIpc) is 2.44. The quantitative estimate of drug-likeness (QED) is 0.334. The molecule has 0 spiro atoms. The van der Waals surface area contributed by atoms with Gasteiger partial charge >= 0.3 is 5.97 Å². The van der Waals surface area contributed by atoms with Crippen molar-refractivity contribution < 1.29 is 14.7 Å². The van der Waals surface area contributed by atoms with Gasteiger partial charge in [-0.05, 0) is 24.4 Å². The molecule has 4 N–H and O–H groups in total. The molecular formula is C15H18Cl3N3O3S. The highest BCUT2D eigenvalue weighted by Gasteiger charge is 2.36. The summed E-state index contributed by atoms with van der Waals surface area (Å²) in [5, 5.41) is 17.1. The fraction of sp³-hybridized carbons (Fsp3) is 0.400. The largest absolute Gasteiger partial charge is 0.478 e. The monoisotopic (exact) mass is 425 g/mol. The number of para-hydroxylation sites is 1. The van der Waals surface area contributed by atoms with Crippen LogP contribution >= 0.6 is 47.0 Å². The number of carboxylic acids is 1. The first-order valence-electron chi connectivity index (χ1n) is 7.10. The zero-order valence-electron chi connectivity index (χ0n) is 13.7. The number of carbonyl (C=O) groups is 2. The van der Waals surface area contributed by atoms with E-state index in [9.17, 15) is 14.7 Å².